The molecule has 2 heteroatoms. The third-order valence-corrected chi connectivity index (χ3v) is 3.62. The second-order valence-electron chi connectivity index (χ2n) is 4.94. The van der Waals surface area contributed by atoms with E-state index >= 15 is 0 Å². The largest absolute Gasteiger partial charge is 0.464 e. The molecule has 0 spiro atoms. The van der Waals surface area contributed by atoms with E-state index in [0.29, 0.717) is 0 Å². The molecule has 4 rings (SSSR count). The quantitative estimate of drug-likeness (QED) is 0.503. The molecule has 100 valence electrons. The first-order valence-corrected chi connectivity index (χ1v) is 6.90. The number of benzene rings is 2. The van der Waals surface area contributed by atoms with E-state index in [0.717, 1.165) is 22.2 Å². The molecule has 2 nitrogen and oxygen atoms in total. The van der Waals surface area contributed by atoms with Gasteiger partial charge in [0.2, 0.25) is 0 Å². The van der Waals surface area contributed by atoms with Crippen molar-refractivity contribution >= 4 is 11.0 Å². The van der Waals surface area contributed by atoms with Crippen LogP contribution in [0.25, 0.3) is 33.4 Å². The third kappa shape index (κ3) is 2.11. The number of fused-ring (bicyclic) bond motifs is 1. The predicted octanol–water partition coefficient (Wildman–Crippen LogP) is 5.16. The fourth-order valence-electron chi connectivity index (χ4n) is 2.60. The second kappa shape index (κ2) is 4.91. The molecule has 2 heterocycles. The molecule has 0 aliphatic heterocycles. The number of rotatable bonds is 2. The summed E-state index contributed by atoms with van der Waals surface area (Å²) in [6.45, 7) is 0. The Morgan fingerprint density at radius 1 is 0.714 bits per heavy atom. The van der Waals surface area contributed by atoms with Crippen LogP contribution in [0.4, 0.5) is 0 Å². The molecule has 0 aliphatic rings. The van der Waals surface area contributed by atoms with Gasteiger partial charge >= 0.3 is 0 Å². The van der Waals surface area contributed by atoms with E-state index in [1.54, 1.807) is 12.5 Å². The molecule has 0 N–H and O–H groups in total. The zero-order valence-corrected chi connectivity index (χ0v) is 11.4. The lowest BCUT2D eigenvalue weighted by Gasteiger charge is -2.06. The maximum atomic E-state index is 5.45. The van der Waals surface area contributed by atoms with Gasteiger partial charge in [-0.05, 0) is 29.3 Å². The normalized spacial score (nSPS) is 10.9. The van der Waals surface area contributed by atoms with Gasteiger partial charge in [0.05, 0.1) is 12.0 Å². The van der Waals surface area contributed by atoms with Gasteiger partial charge in [0.1, 0.15) is 5.58 Å². The van der Waals surface area contributed by atoms with Crippen LogP contribution in [0.2, 0.25) is 0 Å². The molecular weight excluding hydrogens is 258 g/mol. The average molecular weight is 271 g/mol. The SMILES string of the molecule is c1ccc(-c2cccc(-c3nccc4occc34)c2)cc1. The van der Waals surface area contributed by atoms with E-state index in [1.165, 1.54) is 11.1 Å². The number of hydrogen-bond acceptors (Lipinski definition) is 2. The summed E-state index contributed by atoms with van der Waals surface area (Å²) < 4.78 is 5.45. The lowest BCUT2D eigenvalue weighted by molar-refractivity contribution is 0.615. The summed E-state index contributed by atoms with van der Waals surface area (Å²) in [4.78, 5) is 4.52. The van der Waals surface area contributed by atoms with Crippen LogP contribution in [0.1, 0.15) is 0 Å². The lowest BCUT2D eigenvalue weighted by Crippen LogP contribution is -1.85. The van der Waals surface area contributed by atoms with Crippen LogP contribution < -0.4 is 0 Å². The lowest BCUT2D eigenvalue weighted by atomic mass is 10.0. The summed E-state index contributed by atoms with van der Waals surface area (Å²) in [5.74, 6) is 0. The van der Waals surface area contributed by atoms with Crippen LogP contribution in [-0.4, -0.2) is 4.98 Å². The molecule has 0 fully saturated rings. The minimum atomic E-state index is 0.866. The molecule has 0 aliphatic carbocycles. The highest BCUT2D eigenvalue weighted by molar-refractivity contribution is 5.92. The van der Waals surface area contributed by atoms with E-state index in [4.69, 9.17) is 4.42 Å². The first kappa shape index (κ1) is 11.9. The standard InChI is InChI=1S/C19H13NO/c1-2-5-14(6-3-1)15-7-4-8-16(13-15)19-17-10-12-21-18(17)9-11-20-19/h1-13H. The highest BCUT2D eigenvalue weighted by Gasteiger charge is 2.08. The zero-order chi connectivity index (χ0) is 14.1. The maximum Gasteiger partial charge on any atom is 0.137 e. The Balaban J connectivity index is 1.88. The minimum Gasteiger partial charge on any atom is -0.464 e. The smallest absolute Gasteiger partial charge is 0.137 e. The van der Waals surface area contributed by atoms with Crippen LogP contribution in [-0.2, 0) is 0 Å². The number of pyridine rings is 1. The molecule has 0 radical (unpaired) electrons. The van der Waals surface area contributed by atoms with E-state index in [-0.39, 0.29) is 0 Å². The third-order valence-electron chi connectivity index (χ3n) is 3.62. The van der Waals surface area contributed by atoms with Crippen molar-refractivity contribution in [1.29, 1.82) is 0 Å². The van der Waals surface area contributed by atoms with Crippen molar-refractivity contribution in [3.05, 3.63) is 79.2 Å². The monoisotopic (exact) mass is 271 g/mol. The average Bonchev–Trinajstić information content (AvgIpc) is 3.04. The molecule has 0 unspecified atom stereocenters. The van der Waals surface area contributed by atoms with Crippen molar-refractivity contribution in [3.63, 3.8) is 0 Å². The predicted molar refractivity (Wildman–Crippen MR) is 84.9 cm³/mol. The summed E-state index contributed by atoms with van der Waals surface area (Å²) in [6, 6.07) is 22.7. The van der Waals surface area contributed by atoms with Gasteiger partial charge in [-0.15, -0.1) is 0 Å². The summed E-state index contributed by atoms with van der Waals surface area (Å²) in [7, 11) is 0. The zero-order valence-electron chi connectivity index (χ0n) is 11.4. The molecule has 0 bridgehead atoms. The summed E-state index contributed by atoms with van der Waals surface area (Å²) in [6.07, 6.45) is 3.49. The first-order chi connectivity index (χ1) is 10.4. The fraction of sp³-hybridized carbons (Fsp3) is 0. The molecule has 2 aromatic carbocycles. The Morgan fingerprint density at radius 3 is 2.43 bits per heavy atom. The number of furan rings is 1. The van der Waals surface area contributed by atoms with Crippen LogP contribution >= 0.6 is 0 Å². The van der Waals surface area contributed by atoms with Gasteiger partial charge < -0.3 is 4.42 Å². The van der Waals surface area contributed by atoms with E-state index in [1.807, 2.05) is 18.2 Å². The number of aromatic nitrogens is 1. The molecule has 0 saturated carbocycles. The summed E-state index contributed by atoms with van der Waals surface area (Å²) >= 11 is 0. The van der Waals surface area contributed by atoms with Crippen molar-refractivity contribution in [1.82, 2.24) is 4.98 Å². The molecular formula is C19H13NO. The van der Waals surface area contributed by atoms with Gasteiger partial charge in [0.25, 0.3) is 0 Å². The highest BCUT2D eigenvalue weighted by atomic mass is 16.3. The van der Waals surface area contributed by atoms with Crippen LogP contribution in [0.5, 0.6) is 0 Å². The van der Waals surface area contributed by atoms with Gasteiger partial charge in [0, 0.05) is 17.1 Å². The van der Waals surface area contributed by atoms with Crippen LogP contribution in [0.3, 0.4) is 0 Å². The van der Waals surface area contributed by atoms with Gasteiger partial charge in [-0.2, -0.15) is 0 Å². The maximum absolute atomic E-state index is 5.45. The minimum absolute atomic E-state index is 0.866. The summed E-state index contributed by atoms with van der Waals surface area (Å²) in [5, 5.41) is 1.04. The van der Waals surface area contributed by atoms with Gasteiger partial charge in [-0.25, -0.2) is 0 Å². The van der Waals surface area contributed by atoms with E-state index < -0.39 is 0 Å². The van der Waals surface area contributed by atoms with Gasteiger partial charge in [0.15, 0.2) is 0 Å². The van der Waals surface area contributed by atoms with Crippen molar-refractivity contribution in [3.8, 4) is 22.4 Å². The van der Waals surface area contributed by atoms with Gasteiger partial charge in [-0.3, -0.25) is 4.98 Å². The Morgan fingerprint density at radius 2 is 1.52 bits per heavy atom. The van der Waals surface area contributed by atoms with E-state index in [9.17, 15) is 0 Å². The Bertz CT molecular complexity index is 894. The molecule has 21 heavy (non-hydrogen) atoms. The Kier molecular flexibility index (Phi) is 2.79. The van der Waals surface area contributed by atoms with Crippen LogP contribution in [0.15, 0.2) is 83.6 Å². The molecule has 4 aromatic rings. The second-order valence-corrected chi connectivity index (χ2v) is 4.94. The van der Waals surface area contributed by atoms with Gasteiger partial charge in [-0.1, -0.05) is 48.5 Å². The van der Waals surface area contributed by atoms with Crippen molar-refractivity contribution in [2.45, 2.75) is 0 Å². The number of hydrogen-bond donors (Lipinski definition) is 0. The first-order valence-electron chi connectivity index (χ1n) is 6.90. The summed E-state index contributed by atoms with van der Waals surface area (Å²) in [5.41, 5.74) is 5.32. The number of nitrogens with zero attached hydrogens (tertiary/aromatic N) is 1. The molecule has 0 amide bonds. The topological polar surface area (TPSA) is 26.0 Å². The molecule has 2 aromatic heterocycles. The molecule has 0 atom stereocenters. The highest BCUT2D eigenvalue weighted by Crippen LogP contribution is 2.30. The van der Waals surface area contributed by atoms with Crippen LogP contribution in [0, 0.1) is 0 Å². The Hall–Kier alpha value is -2.87. The van der Waals surface area contributed by atoms with Crippen molar-refractivity contribution < 1.29 is 4.42 Å². The molecule has 0 saturated heterocycles. The fourth-order valence-corrected chi connectivity index (χ4v) is 2.60. The van der Waals surface area contributed by atoms with Crippen molar-refractivity contribution in [2.75, 3.05) is 0 Å². The Labute approximate surface area is 122 Å². The van der Waals surface area contributed by atoms with E-state index in [2.05, 4.69) is 53.5 Å². The van der Waals surface area contributed by atoms with Crippen molar-refractivity contribution in [2.24, 2.45) is 0 Å².